The summed E-state index contributed by atoms with van der Waals surface area (Å²) in [4.78, 5) is 18.4. The molecule has 132 valence electrons. The van der Waals surface area contributed by atoms with Gasteiger partial charge in [-0.3, -0.25) is 9.27 Å². The third-order valence-corrected chi connectivity index (χ3v) is 5.38. The summed E-state index contributed by atoms with van der Waals surface area (Å²) in [5.74, 6) is 0.570. The van der Waals surface area contributed by atoms with E-state index in [9.17, 15) is 4.79 Å². The zero-order chi connectivity index (χ0) is 18.4. The van der Waals surface area contributed by atoms with Gasteiger partial charge in [0.25, 0.3) is 5.56 Å². The van der Waals surface area contributed by atoms with Crippen LogP contribution in [-0.2, 0) is 9.31 Å². The summed E-state index contributed by atoms with van der Waals surface area (Å²) in [6, 6.07) is 9.71. The highest BCUT2D eigenvalue weighted by molar-refractivity contribution is 6.44. The minimum atomic E-state index is -0.740. The molecule has 0 radical (unpaired) electrons. The summed E-state index contributed by atoms with van der Waals surface area (Å²) in [5, 5.41) is 0.643. The van der Waals surface area contributed by atoms with E-state index in [2.05, 4.69) is 13.8 Å². The highest BCUT2D eigenvalue weighted by atomic mass is 16.6. The van der Waals surface area contributed by atoms with Gasteiger partial charge in [0.15, 0.2) is 0 Å². The van der Waals surface area contributed by atoms with Crippen LogP contribution in [0.5, 0.6) is 0 Å². The molecule has 6 heteroatoms. The summed E-state index contributed by atoms with van der Waals surface area (Å²) in [6.07, 6.45) is 0. The van der Waals surface area contributed by atoms with Gasteiger partial charge in [0.1, 0.15) is 5.82 Å². The van der Waals surface area contributed by atoms with Gasteiger partial charge in [0.05, 0.1) is 24.1 Å². The van der Waals surface area contributed by atoms with Crippen LogP contribution >= 0.6 is 0 Å². The first-order valence-electron chi connectivity index (χ1n) is 8.82. The second kappa shape index (κ2) is 6.38. The molecule has 0 amide bonds. The molecule has 5 nitrogen and oxygen atoms in total. The molecule has 1 aliphatic rings. The smallest absolute Gasteiger partial charge is 0.389 e. The molecule has 0 saturated carbocycles. The maximum absolute atomic E-state index is 13.5. The van der Waals surface area contributed by atoms with E-state index >= 15 is 0 Å². The molecule has 2 heterocycles. The average molecular weight is 348 g/mol. The maximum Gasteiger partial charge on any atom is 0.601 e. The van der Waals surface area contributed by atoms with Gasteiger partial charge in [-0.2, -0.15) is 0 Å². The summed E-state index contributed by atoms with van der Waals surface area (Å²) < 4.78 is 12.9. The number of fused-ring (bicyclic) bond motifs is 1. The Labute approximate surface area is 152 Å². The van der Waals surface area contributed by atoms with E-state index in [0.717, 1.165) is 27.8 Å². The highest BCUT2D eigenvalue weighted by Crippen LogP contribution is 2.28. The van der Waals surface area contributed by atoms with Crippen molar-refractivity contribution in [2.45, 2.75) is 27.7 Å². The minimum absolute atomic E-state index is 0.121. The Kier molecular flexibility index (Phi) is 4.17. The molecule has 0 atom stereocenters. The predicted octanol–water partition coefficient (Wildman–Crippen LogP) is 3.18. The molecule has 0 N–H and O–H groups in total. The SMILES string of the molecule is Cc1c(C)c(C)c2c(=O)n(B3OCCO3)c(-c3ccccc3)nc2c1C. The first kappa shape index (κ1) is 17.0. The van der Waals surface area contributed by atoms with E-state index < -0.39 is 7.25 Å². The average Bonchev–Trinajstić information content (AvgIpc) is 3.18. The van der Waals surface area contributed by atoms with Gasteiger partial charge in [-0.05, 0) is 49.9 Å². The minimum Gasteiger partial charge on any atom is -0.389 e. The van der Waals surface area contributed by atoms with Gasteiger partial charge in [-0.1, -0.05) is 30.3 Å². The van der Waals surface area contributed by atoms with Crippen molar-refractivity contribution >= 4 is 18.2 Å². The molecule has 1 saturated heterocycles. The number of aryl methyl sites for hydroxylation is 2. The number of hydrogen-bond acceptors (Lipinski definition) is 4. The van der Waals surface area contributed by atoms with Crippen LogP contribution in [0.4, 0.5) is 0 Å². The lowest BCUT2D eigenvalue weighted by Gasteiger charge is -2.19. The van der Waals surface area contributed by atoms with Gasteiger partial charge in [-0.25, -0.2) is 4.98 Å². The standard InChI is InChI=1S/C20H21BN2O3/c1-12-13(2)15(4)18-17(14(12)3)20(24)23(21-25-10-11-26-21)19(22-18)16-8-6-5-7-9-16/h5-9H,10-11H2,1-4H3. The predicted molar refractivity (Wildman–Crippen MR) is 103 cm³/mol. The van der Waals surface area contributed by atoms with Crippen molar-refractivity contribution in [1.29, 1.82) is 0 Å². The quantitative estimate of drug-likeness (QED) is 0.668. The fourth-order valence-electron chi connectivity index (χ4n) is 3.55. The molecule has 0 bridgehead atoms. The summed E-state index contributed by atoms with van der Waals surface area (Å²) >= 11 is 0. The van der Waals surface area contributed by atoms with Crippen LogP contribution in [-0.4, -0.2) is 29.9 Å². The Bertz CT molecular complexity index is 1050. The highest BCUT2D eigenvalue weighted by Gasteiger charge is 2.33. The first-order chi connectivity index (χ1) is 12.5. The van der Waals surface area contributed by atoms with E-state index in [0.29, 0.717) is 24.4 Å². The fourth-order valence-corrected chi connectivity index (χ4v) is 3.55. The molecule has 1 aliphatic heterocycles. The molecular formula is C20H21BN2O3. The lowest BCUT2D eigenvalue weighted by atomic mass is 9.94. The van der Waals surface area contributed by atoms with Gasteiger partial charge in [0.2, 0.25) is 0 Å². The van der Waals surface area contributed by atoms with Crippen LogP contribution in [0.25, 0.3) is 22.3 Å². The van der Waals surface area contributed by atoms with Crippen molar-refractivity contribution < 1.29 is 9.31 Å². The summed E-state index contributed by atoms with van der Waals surface area (Å²) in [7, 11) is -0.740. The van der Waals surface area contributed by atoms with Crippen LogP contribution in [0.3, 0.4) is 0 Å². The number of nitrogens with zero attached hydrogens (tertiary/aromatic N) is 2. The van der Waals surface area contributed by atoms with Gasteiger partial charge in [-0.15, -0.1) is 0 Å². The van der Waals surface area contributed by atoms with Gasteiger partial charge >= 0.3 is 7.25 Å². The molecule has 1 fully saturated rings. The van der Waals surface area contributed by atoms with Gasteiger partial charge < -0.3 is 9.31 Å². The second-order valence-electron chi connectivity index (χ2n) is 6.75. The Morgan fingerprint density at radius 1 is 0.923 bits per heavy atom. The maximum atomic E-state index is 13.5. The molecular weight excluding hydrogens is 327 g/mol. The lowest BCUT2D eigenvalue weighted by Crippen LogP contribution is -2.38. The summed E-state index contributed by atoms with van der Waals surface area (Å²) in [5.41, 5.74) is 5.80. The van der Waals surface area contributed by atoms with Crippen molar-refractivity contribution in [3.63, 3.8) is 0 Å². The van der Waals surface area contributed by atoms with Crippen LogP contribution in [0, 0.1) is 27.7 Å². The topological polar surface area (TPSA) is 53.4 Å². The van der Waals surface area contributed by atoms with E-state index in [-0.39, 0.29) is 5.56 Å². The molecule has 3 aromatic rings. The molecule has 26 heavy (non-hydrogen) atoms. The van der Waals surface area contributed by atoms with Crippen LogP contribution < -0.4 is 5.56 Å². The number of rotatable bonds is 2. The Morgan fingerprint density at radius 2 is 1.54 bits per heavy atom. The summed E-state index contributed by atoms with van der Waals surface area (Å²) in [6.45, 7) is 9.07. The Hall–Kier alpha value is -2.44. The monoisotopic (exact) mass is 348 g/mol. The first-order valence-corrected chi connectivity index (χ1v) is 8.82. The van der Waals surface area contributed by atoms with Crippen molar-refractivity contribution in [2.24, 2.45) is 0 Å². The molecule has 0 spiro atoms. The third-order valence-electron chi connectivity index (χ3n) is 5.38. The molecule has 4 rings (SSSR count). The third kappa shape index (κ3) is 2.49. The zero-order valence-corrected chi connectivity index (χ0v) is 15.5. The van der Waals surface area contributed by atoms with E-state index in [1.165, 1.54) is 5.56 Å². The number of benzene rings is 2. The molecule has 0 unspecified atom stereocenters. The second-order valence-corrected chi connectivity index (χ2v) is 6.75. The van der Waals surface area contributed by atoms with Crippen molar-refractivity contribution in [3.05, 3.63) is 62.9 Å². The lowest BCUT2D eigenvalue weighted by molar-refractivity contribution is 0.360. The molecule has 1 aromatic heterocycles. The Balaban J connectivity index is 2.15. The van der Waals surface area contributed by atoms with E-state index in [1.54, 1.807) is 4.48 Å². The van der Waals surface area contributed by atoms with Crippen LogP contribution in [0.2, 0.25) is 0 Å². The van der Waals surface area contributed by atoms with Crippen molar-refractivity contribution in [1.82, 2.24) is 9.46 Å². The number of aromatic nitrogens is 2. The van der Waals surface area contributed by atoms with Crippen molar-refractivity contribution in [2.75, 3.05) is 13.2 Å². The fraction of sp³-hybridized carbons (Fsp3) is 0.300. The molecule has 0 aliphatic carbocycles. The van der Waals surface area contributed by atoms with Crippen LogP contribution in [0.1, 0.15) is 22.3 Å². The van der Waals surface area contributed by atoms with E-state index in [4.69, 9.17) is 14.3 Å². The normalized spacial score (nSPS) is 14.4. The van der Waals surface area contributed by atoms with Gasteiger partial charge in [0, 0.05) is 5.56 Å². The Morgan fingerprint density at radius 3 is 2.19 bits per heavy atom. The van der Waals surface area contributed by atoms with Crippen molar-refractivity contribution in [3.8, 4) is 11.4 Å². The molecule has 2 aromatic carbocycles. The van der Waals surface area contributed by atoms with E-state index in [1.807, 2.05) is 44.2 Å². The number of hydrogen-bond donors (Lipinski definition) is 0. The van der Waals surface area contributed by atoms with Crippen LogP contribution in [0.15, 0.2) is 35.1 Å². The zero-order valence-electron chi connectivity index (χ0n) is 15.5. The largest absolute Gasteiger partial charge is 0.601 e.